The van der Waals surface area contributed by atoms with Crippen molar-refractivity contribution in [3.8, 4) is 5.75 Å². The van der Waals surface area contributed by atoms with Crippen LogP contribution in [-0.4, -0.2) is 124 Å². The molecule has 6 aliphatic rings. The van der Waals surface area contributed by atoms with E-state index in [0.29, 0.717) is 37.4 Å². The van der Waals surface area contributed by atoms with E-state index in [1.807, 2.05) is 0 Å². The van der Waals surface area contributed by atoms with E-state index in [1.54, 1.807) is 52.7 Å². The van der Waals surface area contributed by atoms with Gasteiger partial charge >= 0.3 is 5.97 Å². The number of Topliss-reactive ketones (excluding diaryl/α,β-unsaturated/α-hetero) is 1. The SMILES string of the molecule is CCN1C[C@]2(COC)[C@H](O)CC(OC)C34C1C([C@H]1C(=O)[C@H](OC)[C@]5(O)C[C@H]3[C@@H]1[C@H]5OC(=O)c1ccc(OC)cc1)[C@H](OC)[C@@H]42. The first-order chi connectivity index (χ1) is 21.1. The van der Waals surface area contributed by atoms with Crippen LogP contribution in [-0.2, 0) is 28.5 Å². The van der Waals surface area contributed by atoms with Gasteiger partial charge in [-0.2, -0.15) is 0 Å². The minimum Gasteiger partial charge on any atom is -0.497 e. The normalized spacial score (nSPS) is 48.4. The molecular formula is C33H45NO10. The summed E-state index contributed by atoms with van der Waals surface area (Å²) in [6.45, 7) is 3.73. The smallest absolute Gasteiger partial charge is 0.338 e. The Morgan fingerprint density at radius 2 is 1.77 bits per heavy atom. The van der Waals surface area contributed by atoms with Crippen LogP contribution in [0.2, 0.25) is 0 Å². The number of rotatable bonds is 9. The van der Waals surface area contributed by atoms with Gasteiger partial charge in [-0.1, -0.05) is 6.92 Å². The second-order valence-electron chi connectivity index (χ2n) is 13.9. The lowest BCUT2D eigenvalue weighted by molar-refractivity contribution is -0.280. The number of fused-ring (bicyclic) bond motifs is 2. The van der Waals surface area contributed by atoms with Crippen molar-refractivity contribution in [2.24, 2.45) is 40.4 Å². The molecule has 1 aliphatic heterocycles. The molecule has 1 spiro atoms. The number of carbonyl (C=O) groups is 2. The summed E-state index contributed by atoms with van der Waals surface area (Å²) in [5.74, 6) is -1.98. The Morgan fingerprint density at radius 3 is 2.36 bits per heavy atom. The van der Waals surface area contributed by atoms with Crippen molar-refractivity contribution < 1.29 is 48.2 Å². The molecule has 5 saturated carbocycles. The Morgan fingerprint density at radius 1 is 1.05 bits per heavy atom. The van der Waals surface area contributed by atoms with Crippen LogP contribution in [0.5, 0.6) is 5.75 Å². The number of hydrogen-bond donors (Lipinski definition) is 2. The van der Waals surface area contributed by atoms with E-state index in [0.717, 1.165) is 0 Å². The minimum absolute atomic E-state index is 0.101. The van der Waals surface area contributed by atoms with Gasteiger partial charge < -0.3 is 38.6 Å². The molecule has 11 heteroatoms. The van der Waals surface area contributed by atoms with Gasteiger partial charge in [0.1, 0.15) is 23.6 Å². The minimum atomic E-state index is -1.73. The van der Waals surface area contributed by atoms with Crippen molar-refractivity contribution >= 4 is 11.8 Å². The van der Waals surface area contributed by atoms with Crippen LogP contribution >= 0.6 is 0 Å². The maximum atomic E-state index is 14.5. The Balaban J connectivity index is 1.42. The lowest BCUT2D eigenvalue weighted by Crippen LogP contribution is -2.77. The molecule has 1 aromatic rings. The third-order valence-corrected chi connectivity index (χ3v) is 12.8. The number of ether oxygens (including phenoxy) is 6. The first kappa shape index (κ1) is 30.5. The molecule has 44 heavy (non-hydrogen) atoms. The van der Waals surface area contributed by atoms with E-state index in [9.17, 15) is 19.8 Å². The number of ketones is 1. The average Bonchev–Trinajstić information content (AvgIpc) is 3.36. The van der Waals surface area contributed by atoms with Gasteiger partial charge in [0, 0.05) is 81.9 Å². The number of nitrogens with zero attached hydrogens (tertiary/aromatic N) is 1. The zero-order valence-corrected chi connectivity index (χ0v) is 26.3. The number of aliphatic hydroxyl groups excluding tert-OH is 1. The number of likely N-dealkylation sites (tertiary alicyclic amines) is 1. The fraction of sp³-hybridized carbons (Fsp3) is 0.758. The van der Waals surface area contributed by atoms with Gasteiger partial charge in [-0.15, -0.1) is 0 Å². The summed E-state index contributed by atoms with van der Waals surface area (Å²) in [4.78, 5) is 30.6. The van der Waals surface area contributed by atoms with Crippen LogP contribution < -0.4 is 4.74 Å². The summed E-state index contributed by atoms with van der Waals surface area (Å²) >= 11 is 0. The highest BCUT2D eigenvalue weighted by molar-refractivity contribution is 5.92. The second kappa shape index (κ2) is 10.4. The molecule has 5 aliphatic carbocycles. The molecule has 1 aromatic carbocycles. The Kier molecular flexibility index (Phi) is 7.25. The fourth-order valence-corrected chi connectivity index (χ4v) is 11.8. The summed E-state index contributed by atoms with van der Waals surface area (Å²) in [5, 5.41) is 24.4. The summed E-state index contributed by atoms with van der Waals surface area (Å²) in [6, 6.07) is 6.53. The molecule has 4 unspecified atom stereocenters. The van der Waals surface area contributed by atoms with Gasteiger partial charge in [0.05, 0.1) is 37.6 Å². The van der Waals surface area contributed by atoms with Gasteiger partial charge in [-0.3, -0.25) is 9.69 Å². The third-order valence-electron chi connectivity index (χ3n) is 12.8. The van der Waals surface area contributed by atoms with Crippen LogP contribution in [0.4, 0.5) is 0 Å². The second-order valence-corrected chi connectivity index (χ2v) is 13.9. The zero-order chi connectivity index (χ0) is 31.3. The van der Waals surface area contributed by atoms with Gasteiger partial charge in [0.25, 0.3) is 0 Å². The number of hydrogen-bond acceptors (Lipinski definition) is 11. The first-order valence-corrected chi connectivity index (χ1v) is 15.7. The van der Waals surface area contributed by atoms with Gasteiger partial charge in [0.2, 0.25) is 0 Å². The molecule has 242 valence electrons. The first-order valence-electron chi connectivity index (χ1n) is 15.7. The van der Waals surface area contributed by atoms with Crippen molar-refractivity contribution in [2.75, 3.05) is 55.2 Å². The Hall–Kier alpha value is -2.12. The molecule has 7 rings (SSSR count). The topological polar surface area (TPSA) is 133 Å². The maximum Gasteiger partial charge on any atom is 0.338 e. The number of methoxy groups -OCH3 is 5. The lowest BCUT2D eigenvalue weighted by atomic mass is 9.43. The molecule has 14 atom stereocenters. The highest BCUT2D eigenvalue weighted by Crippen LogP contribution is 2.78. The van der Waals surface area contributed by atoms with E-state index in [4.69, 9.17) is 28.4 Å². The highest BCUT2D eigenvalue weighted by Gasteiger charge is 2.87. The van der Waals surface area contributed by atoms with Gasteiger partial charge in [-0.25, -0.2) is 4.79 Å². The standard InChI is InChI=1S/C33H45NO10/c1-7-34-14-31(15-39-2)19(35)12-20(41-4)33-18-13-32(38)28(44-30(37)16-8-10-17(40-3)11-9-16)21(18)22(24(36)29(32)43-6)23(27(33)34)25(42-5)26(31)33/h8-11,18-23,25-29,35,38H,7,12-15H2,1-6H3/t18-,19+,20?,21-,22-,23?,25-,26+,27?,28+,29-,31-,32-,33?/m0/s1. The summed E-state index contributed by atoms with van der Waals surface area (Å²) in [5.41, 5.74) is -2.69. The van der Waals surface area contributed by atoms with E-state index >= 15 is 0 Å². The number of piperidine rings is 1. The molecule has 0 aromatic heterocycles. The van der Waals surface area contributed by atoms with Crippen molar-refractivity contribution in [1.82, 2.24) is 4.90 Å². The number of benzene rings is 1. The van der Waals surface area contributed by atoms with Crippen molar-refractivity contribution in [3.05, 3.63) is 29.8 Å². The number of aliphatic hydroxyl groups is 2. The Bertz CT molecular complexity index is 1310. The van der Waals surface area contributed by atoms with E-state index in [1.165, 1.54) is 7.11 Å². The predicted octanol–water partition coefficient (Wildman–Crippen LogP) is 1.18. The van der Waals surface area contributed by atoms with Gasteiger partial charge in [0.15, 0.2) is 5.78 Å². The van der Waals surface area contributed by atoms with Crippen LogP contribution in [0.15, 0.2) is 24.3 Å². The van der Waals surface area contributed by atoms with Crippen LogP contribution in [0.3, 0.4) is 0 Å². The van der Waals surface area contributed by atoms with E-state index in [2.05, 4.69) is 11.8 Å². The maximum absolute atomic E-state index is 14.5. The average molecular weight is 616 g/mol. The molecule has 11 nitrogen and oxygen atoms in total. The van der Waals surface area contributed by atoms with Crippen molar-refractivity contribution in [3.63, 3.8) is 0 Å². The largest absolute Gasteiger partial charge is 0.497 e. The zero-order valence-electron chi connectivity index (χ0n) is 26.3. The van der Waals surface area contributed by atoms with Crippen molar-refractivity contribution in [1.29, 1.82) is 0 Å². The molecule has 2 N–H and O–H groups in total. The van der Waals surface area contributed by atoms with Crippen LogP contribution in [0, 0.1) is 40.4 Å². The molecular weight excluding hydrogens is 570 g/mol. The molecule has 7 bridgehead atoms. The Labute approximate surface area is 258 Å². The van der Waals surface area contributed by atoms with Crippen molar-refractivity contribution in [2.45, 2.75) is 61.9 Å². The number of carbonyl (C=O) groups excluding carboxylic acids is 2. The highest BCUT2D eigenvalue weighted by atomic mass is 16.6. The summed E-state index contributed by atoms with van der Waals surface area (Å²) in [7, 11) is 8.02. The van der Waals surface area contributed by atoms with E-state index in [-0.39, 0.29) is 48.2 Å². The molecule has 0 amide bonds. The quantitative estimate of drug-likeness (QED) is 0.388. The number of esters is 1. The fourth-order valence-electron chi connectivity index (χ4n) is 11.8. The van der Waals surface area contributed by atoms with Crippen LogP contribution in [0.1, 0.15) is 30.1 Å². The lowest BCUT2D eigenvalue weighted by Gasteiger charge is -2.69. The predicted molar refractivity (Wildman–Crippen MR) is 155 cm³/mol. The molecule has 1 heterocycles. The summed E-state index contributed by atoms with van der Waals surface area (Å²) in [6.07, 6.45) is -3.03. The van der Waals surface area contributed by atoms with Gasteiger partial charge in [-0.05, 0) is 43.1 Å². The van der Waals surface area contributed by atoms with E-state index < -0.39 is 52.5 Å². The summed E-state index contributed by atoms with van der Waals surface area (Å²) < 4.78 is 36.0. The molecule has 0 radical (unpaired) electrons. The monoisotopic (exact) mass is 615 g/mol. The molecule has 1 saturated heterocycles. The third kappa shape index (κ3) is 3.47. The van der Waals surface area contributed by atoms with Crippen LogP contribution in [0.25, 0.3) is 0 Å². The molecule has 6 fully saturated rings.